The van der Waals surface area contributed by atoms with Crippen LogP contribution in [0.1, 0.15) is 22.8 Å². The first-order chi connectivity index (χ1) is 12.2. The lowest BCUT2D eigenvalue weighted by Crippen LogP contribution is -2.30. The highest BCUT2D eigenvalue weighted by atomic mass is 35.5. The van der Waals surface area contributed by atoms with E-state index in [1.165, 1.54) is 32.2 Å². The summed E-state index contributed by atoms with van der Waals surface area (Å²) in [6.45, 7) is 1.47. The van der Waals surface area contributed by atoms with E-state index in [1.807, 2.05) is 0 Å². The van der Waals surface area contributed by atoms with Gasteiger partial charge in [0.1, 0.15) is 17.4 Å². The first kappa shape index (κ1) is 18.1. The van der Waals surface area contributed by atoms with Crippen LogP contribution in [0.4, 0.5) is 0 Å². The standard InChI is InChI=1S/C16H12Cl2N2O6/c1-6-3-10(21)12(16(22)25-6)11-8-4-7(17)5-9(18)14(8)26-15(19-2)13(11)20(23)24/h3-5,11,19,21H,1-2H3. The van der Waals surface area contributed by atoms with Gasteiger partial charge in [-0.25, -0.2) is 4.79 Å². The van der Waals surface area contributed by atoms with Crippen molar-refractivity contribution in [3.63, 3.8) is 0 Å². The molecule has 1 unspecified atom stereocenters. The fourth-order valence-electron chi connectivity index (χ4n) is 2.87. The van der Waals surface area contributed by atoms with Gasteiger partial charge in [-0.1, -0.05) is 23.2 Å². The molecule has 2 aromatic rings. The maximum absolute atomic E-state index is 12.4. The van der Waals surface area contributed by atoms with Gasteiger partial charge in [-0.3, -0.25) is 10.1 Å². The Bertz CT molecular complexity index is 1010. The molecule has 0 radical (unpaired) electrons. The van der Waals surface area contributed by atoms with E-state index >= 15 is 0 Å². The third-order valence-corrected chi connectivity index (χ3v) is 4.36. The summed E-state index contributed by atoms with van der Waals surface area (Å²) < 4.78 is 10.5. The topological polar surface area (TPSA) is 115 Å². The van der Waals surface area contributed by atoms with E-state index in [1.54, 1.807) is 0 Å². The molecule has 3 rings (SSSR count). The van der Waals surface area contributed by atoms with Crippen LogP contribution in [0.5, 0.6) is 11.5 Å². The second kappa shape index (κ2) is 6.54. The van der Waals surface area contributed by atoms with Crippen molar-refractivity contribution in [2.45, 2.75) is 12.8 Å². The normalized spacial score (nSPS) is 16.1. The lowest BCUT2D eigenvalue weighted by atomic mass is 9.86. The second-order valence-corrected chi connectivity index (χ2v) is 6.35. The van der Waals surface area contributed by atoms with E-state index in [0.717, 1.165) is 0 Å². The Morgan fingerprint density at radius 2 is 2.00 bits per heavy atom. The molecule has 8 nitrogen and oxygen atoms in total. The summed E-state index contributed by atoms with van der Waals surface area (Å²) in [4.78, 5) is 23.4. The number of hydrogen-bond donors (Lipinski definition) is 2. The van der Waals surface area contributed by atoms with Gasteiger partial charge < -0.3 is 19.6 Å². The first-order valence-corrected chi connectivity index (χ1v) is 8.06. The van der Waals surface area contributed by atoms with Crippen LogP contribution in [0.15, 0.2) is 39.0 Å². The van der Waals surface area contributed by atoms with Gasteiger partial charge in [-0.15, -0.1) is 0 Å². The molecule has 0 aliphatic carbocycles. The molecular weight excluding hydrogens is 387 g/mol. The predicted molar refractivity (Wildman–Crippen MR) is 93.4 cm³/mol. The molecule has 10 heteroatoms. The maximum Gasteiger partial charge on any atom is 0.344 e. The number of aromatic hydroxyl groups is 1. The number of rotatable bonds is 3. The Hall–Kier alpha value is -2.71. The number of allylic oxidation sites excluding steroid dienone is 1. The molecule has 26 heavy (non-hydrogen) atoms. The van der Waals surface area contributed by atoms with Gasteiger partial charge in [0.05, 0.1) is 15.5 Å². The van der Waals surface area contributed by atoms with Gasteiger partial charge in [0.25, 0.3) is 5.88 Å². The monoisotopic (exact) mass is 398 g/mol. The van der Waals surface area contributed by atoms with Crippen molar-refractivity contribution in [3.8, 4) is 11.5 Å². The zero-order valence-corrected chi connectivity index (χ0v) is 15.0. The van der Waals surface area contributed by atoms with Gasteiger partial charge in [-0.05, 0) is 19.1 Å². The largest absolute Gasteiger partial charge is 0.507 e. The molecule has 2 heterocycles. The highest BCUT2D eigenvalue weighted by Gasteiger charge is 2.43. The molecule has 1 atom stereocenters. The number of aryl methyl sites for hydroxylation is 1. The van der Waals surface area contributed by atoms with Crippen LogP contribution in [-0.2, 0) is 0 Å². The minimum absolute atomic E-state index is 0.0930. The SMILES string of the molecule is CNC1=C([N+](=O)[O-])C(c2c(O)cc(C)oc2=O)c2cc(Cl)cc(Cl)c2O1. The molecule has 1 aliphatic rings. The maximum atomic E-state index is 12.4. The fraction of sp³-hybridized carbons (Fsp3) is 0.188. The van der Waals surface area contributed by atoms with Crippen LogP contribution in [0.25, 0.3) is 0 Å². The minimum Gasteiger partial charge on any atom is -0.507 e. The Kier molecular flexibility index (Phi) is 4.55. The highest BCUT2D eigenvalue weighted by Crippen LogP contribution is 2.48. The summed E-state index contributed by atoms with van der Waals surface area (Å²) in [5.41, 5.74) is -1.53. The molecule has 0 fully saturated rings. The number of halogens is 2. The minimum atomic E-state index is -1.30. The lowest BCUT2D eigenvalue weighted by molar-refractivity contribution is -0.433. The van der Waals surface area contributed by atoms with E-state index < -0.39 is 27.9 Å². The van der Waals surface area contributed by atoms with Crippen molar-refractivity contribution >= 4 is 23.2 Å². The molecule has 1 aromatic heterocycles. The zero-order valence-electron chi connectivity index (χ0n) is 13.5. The Morgan fingerprint density at radius 1 is 1.31 bits per heavy atom. The quantitative estimate of drug-likeness (QED) is 0.602. The molecular formula is C16H12Cl2N2O6. The average Bonchev–Trinajstić information content (AvgIpc) is 2.53. The van der Waals surface area contributed by atoms with Gasteiger partial charge in [0.15, 0.2) is 5.75 Å². The molecule has 0 spiro atoms. The Balaban J connectivity index is 2.42. The van der Waals surface area contributed by atoms with E-state index in [2.05, 4.69) is 5.32 Å². The van der Waals surface area contributed by atoms with Crippen LogP contribution in [0.2, 0.25) is 10.0 Å². The summed E-state index contributed by atoms with van der Waals surface area (Å²) in [7, 11) is 1.42. The third-order valence-electron chi connectivity index (χ3n) is 3.86. The summed E-state index contributed by atoms with van der Waals surface area (Å²) in [5, 5.41) is 24.9. The van der Waals surface area contributed by atoms with Crippen LogP contribution in [0, 0.1) is 17.0 Å². The van der Waals surface area contributed by atoms with Crippen LogP contribution < -0.4 is 15.7 Å². The molecule has 0 saturated carbocycles. The molecule has 136 valence electrons. The van der Waals surface area contributed by atoms with Crippen molar-refractivity contribution in [1.29, 1.82) is 0 Å². The second-order valence-electron chi connectivity index (χ2n) is 5.51. The third kappa shape index (κ3) is 2.87. The lowest BCUT2D eigenvalue weighted by Gasteiger charge is -2.26. The molecule has 2 N–H and O–H groups in total. The number of nitrogens with zero attached hydrogens (tertiary/aromatic N) is 1. The van der Waals surface area contributed by atoms with Gasteiger partial charge in [0.2, 0.25) is 0 Å². The van der Waals surface area contributed by atoms with E-state index in [4.69, 9.17) is 32.4 Å². The Morgan fingerprint density at radius 3 is 2.58 bits per heavy atom. The molecule has 1 aliphatic heterocycles. The van der Waals surface area contributed by atoms with Crippen LogP contribution >= 0.6 is 23.2 Å². The molecule has 0 amide bonds. The number of hydrogen-bond acceptors (Lipinski definition) is 7. The van der Waals surface area contributed by atoms with Crippen molar-refractivity contribution in [2.75, 3.05) is 7.05 Å². The van der Waals surface area contributed by atoms with Gasteiger partial charge in [-0.2, -0.15) is 0 Å². The highest BCUT2D eigenvalue weighted by molar-refractivity contribution is 6.35. The number of ether oxygens (including phenoxy) is 1. The van der Waals surface area contributed by atoms with Crippen molar-refractivity contribution in [3.05, 3.63) is 77.2 Å². The van der Waals surface area contributed by atoms with Gasteiger partial charge in [0, 0.05) is 23.7 Å². The van der Waals surface area contributed by atoms with Crippen molar-refractivity contribution in [1.82, 2.24) is 5.32 Å². The van der Waals surface area contributed by atoms with Crippen molar-refractivity contribution < 1.29 is 19.2 Å². The molecule has 0 saturated heterocycles. The van der Waals surface area contributed by atoms with Crippen LogP contribution in [-0.4, -0.2) is 17.1 Å². The summed E-state index contributed by atoms with van der Waals surface area (Å²) >= 11 is 12.2. The van der Waals surface area contributed by atoms with Gasteiger partial charge >= 0.3 is 11.3 Å². The van der Waals surface area contributed by atoms with E-state index in [9.17, 15) is 20.0 Å². The van der Waals surface area contributed by atoms with Crippen LogP contribution in [0.3, 0.4) is 0 Å². The zero-order chi connectivity index (χ0) is 19.2. The number of benzene rings is 1. The smallest absolute Gasteiger partial charge is 0.344 e. The van der Waals surface area contributed by atoms with E-state index in [0.29, 0.717) is 0 Å². The number of fused-ring (bicyclic) bond motifs is 1. The summed E-state index contributed by atoms with van der Waals surface area (Å²) in [6.07, 6.45) is 0. The summed E-state index contributed by atoms with van der Waals surface area (Å²) in [5.74, 6) is -1.70. The summed E-state index contributed by atoms with van der Waals surface area (Å²) in [6, 6.07) is 4.00. The fourth-order valence-corrected chi connectivity index (χ4v) is 3.41. The first-order valence-electron chi connectivity index (χ1n) is 7.31. The molecule has 1 aromatic carbocycles. The number of nitro groups is 1. The molecule has 0 bridgehead atoms. The predicted octanol–water partition coefficient (Wildman–Crippen LogP) is 3.15. The number of nitrogens with one attached hydrogen (secondary N) is 1. The average molecular weight is 399 g/mol. The Labute approximate surface area is 156 Å². The van der Waals surface area contributed by atoms with Crippen molar-refractivity contribution in [2.24, 2.45) is 0 Å². The van der Waals surface area contributed by atoms with E-state index in [-0.39, 0.29) is 38.6 Å².